The second-order valence-corrected chi connectivity index (χ2v) is 4.75. The van der Waals surface area contributed by atoms with Gasteiger partial charge in [0.25, 0.3) is 5.91 Å². The van der Waals surface area contributed by atoms with Crippen LogP contribution in [0.25, 0.3) is 0 Å². The Hall–Kier alpha value is -1.77. The van der Waals surface area contributed by atoms with Crippen LogP contribution in [0.4, 0.5) is 24.5 Å². The van der Waals surface area contributed by atoms with Crippen molar-refractivity contribution in [2.24, 2.45) is 0 Å². The van der Waals surface area contributed by atoms with Crippen molar-refractivity contribution in [3.05, 3.63) is 59.7 Å². The Morgan fingerprint density at radius 2 is 1.67 bits per heavy atom. The fourth-order valence-electron chi connectivity index (χ4n) is 1.70. The molecule has 0 aliphatic rings. The van der Waals surface area contributed by atoms with E-state index in [9.17, 15) is 18.0 Å². The van der Waals surface area contributed by atoms with Crippen molar-refractivity contribution >= 4 is 40.1 Å². The predicted molar refractivity (Wildman–Crippen MR) is 83.5 cm³/mol. The molecular formula is C14H10F3IN2O. The fourth-order valence-corrected chi connectivity index (χ4v) is 2.03. The number of amides is 1. The van der Waals surface area contributed by atoms with E-state index < -0.39 is 17.6 Å². The zero-order valence-electron chi connectivity index (χ0n) is 10.5. The van der Waals surface area contributed by atoms with Gasteiger partial charge in [-0.3, -0.25) is 4.79 Å². The minimum atomic E-state index is -4.44. The molecule has 2 N–H and O–H groups in total. The summed E-state index contributed by atoms with van der Waals surface area (Å²) >= 11 is 1.92. The van der Waals surface area contributed by atoms with Crippen LogP contribution in [0.2, 0.25) is 0 Å². The van der Waals surface area contributed by atoms with E-state index in [1.54, 1.807) is 24.3 Å². The fraction of sp³-hybridized carbons (Fsp3) is 0.0714. The average molecular weight is 406 g/mol. The van der Waals surface area contributed by atoms with Gasteiger partial charge in [-0.25, -0.2) is 0 Å². The first-order valence-electron chi connectivity index (χ1n) is 5.85. The summed E-state index contributed by atoms with van der Waals surface area (Å²) < 4.78 is 40.7. The largest absolute Gasteiger partial charge is 0.416 e. The molecule has 0 radical (unpaired) electrons. The maximum atomic E-state index is 12.6. The number of hydrogen-bond donors (Lipinski definition) is 2. The first kappa shape index (κ1) is 15.6. The molecule has 3 nitrogen and oxygen atoms in total. The highest BCUT2D eigenvalue weighted by Gasteiger charge is 2.30. The molecule has 0 aliphatic carbocycles. The Kier molecular flexibility index (Phi) is 4.71. The van der Waals surface area contributed by atoms with E-state index in [4.69, 9.17) is 0 Å². The molecule has 2 rings (SSSR count). The van der Waals surface area contributed by atoms with E-state index in [0.29, 0.717) is 5.56 Å². The lowest BCUT2D eigenvalue weighted by molar-refractivity contribution is -0.137. The summed E-state index contributed by atoms with van der Waals surface area (Å²) in [5, 5.41) is 2.45. The number of anilines is 2. The van der Waals surface area contributed by atoms with Gasteiger partial charge >= 0.3 is 6.18 Å². The third kappa shape index (κ3) is 4.10. The molecule has 1 amide bonds. The lowest BCUT2D eigenvalue weighted by atomic mass is 10.1. The third-order valence-electron chi connectivity index (χ3n) is 2.68. The maximum Gasteiger partial charge on any atom is 0.416 e. The van der Waals surface area contributed by atoms with Crippen molar-refractivity contribution < 1.29 is 18.0 Å². The van der Waals surface area contributed by atoms with E-state index in [0.717, 1.165) is 17.8 Å². The van der Waals surface area contributed by atoms with Crippen LogP contribution < -0.4 is 8.85 Å². The summed E-state index contributed by atoms with van der Waals surface area (Å²) in [4.78, 5) is 12.0. The zero-order valence-corrected chi connectivity index (χ0v) is 12.7. The Labute approximate surface area is 133 Å². The Morgan fingerprint density at radius 3 is 2.33 bits per heavy atom. The summed E-state index contributed by atoms with van der Waals surface area (Å²) in [6, 6.07) is 11.2. The highest BCUT2D eigenvalue weighted by molar-refractivity contribution is 14.1. The van der Waals surface area contributed by atoms with Gasteiger partial charge in [-0.15, -0.1) is 0 Å². The first-order valence-corrected chi connectivity index (χ1v) is 6.93. The topological polar surface area (TPSA) is 41.1 Å². The Morgan fingerprint density at radius 1 is 1.00 bits per heavy atom. The smallest absolute Gasteiger partial charge is 0.328 e. The van der Waals surface area contributed by atoms with Gasteiger partial charge in [-0.2, -0.15) is 13.2 Å². The molecule has 0 unspecified atom stereocenters. The van der Waals surface area contributed by atoms with Crippen molar-refractivity contribution in [3.63, 3.8) is 0 Å². The van der Waals surface area contributed by atoms with E-state index in [1.165, 1.54) is 12.1 Å². The van der Waals surface area contributed by atoms with E-state index in [1.807, 2.05) is 22.9 Å². The number of benzene rings is 2. The number of rotatable bonds is 3. The monoisotopic (exact) mass is 406 g/mol. The molecule has 0 heterocycles. The van der Waals surface area contributed by atoms with Crippen LogP contribution in [0.15, 0.2) is 48.5 Å². The van der Waals surface area contributed by atoms with Gasteiger partial charge in [0.05, 0.1) is 28.4 Å². The van der Waals surface area contributed by atoms with Gasteiger partial charge < -0.3 is 8.85 Å². The van der Waals surface area contributed by atoms with Crippen molar-refractivity contribution in [2.45, 2.75) is 6.18 Å². The van der Waals surface area contributed by atoms with E-state index >= 15 is 0 Å². The molecule has 0 atom stereocenters. The molecule has 0 spiro atoms. The Balaban J connectivity index is 2.19. The number of alkyl halides is 3. The highest BCUT2D eigenvalue weighted by Crippen LogP contribution is 2.30. The van der Waals surface area contributed by atoms with Crippen molar-refractivity contribution in [1.29, 1.82) is 0 Å². The van der Waals surface area contributed by atoms with Gasteiger partial charge in [-0.1, -0.05) is 12.1 Å². The van der Waals surface area contributed by atoms with Gasteiger partial charge in [-0.05, 0) is 36.4 Å². The molecule has 7 heteroatoms. The first-order chi connectivity index (χ1) is 9.90. The van der Waals surface area contributed by atoms with E-state index in [2.05, 4.69) is 8.85 Å². The van der Waals surface area contributed by atoms with Crippen LogP contribution in [0.5, 0.6) is 0 Å². The maximum absolute atomic E-state index is 12.6. The normalized spacial score (nSPS) is 11.0. The summed E-state index contributed by atoms with van der Waals surface area (Å²) in [6.07, 6.45) is -4.44. The van der Waals surface area contributed by atoms with Gasteiger partial charge in [0.2, 0.25) is 0 Å². The van der Waals surface area contributed by atoms with Crippen LogP contribution in [-0.4, -0.2) is 5.91 Å². The lowest BCUT2D eigenvalue weighted by Gasteiger charge is -2.10. The predicted octanol–water partition coefficient (Wildman–Crippen LogP) is 4.72. The lowest BCUT2D eigenvalue weighted by Crippen LogP contribution is -2.13. The van der Waals surface area contributed by atoms with Crippen LogP contribution in [0.1, 0.15) is 15.9 Å². The highest BCUT2D eigenvalue weighted by atomic mass is 127. The molecule has 2 aromatic carbocycles. The van der Waals surface area contributed by atoms with Gasteiger partial charge in [0.15, 0.2) is 0 Å². The third-order valence-corrected chi connectivity index (χ3v) is 3.30. The van der Waals surface area contributed by atoms with Crippen LogP contribution in [-0.2, 0) is 6.18 Å². The van der Waals surface area contributed by atoms with Crippen molar-refractivity contribution in [3.8, 4) is 0 Å². The summed E-state index contributed by atoms with van der Waals surface area (Å²) in [5.41, 5.74) is 0.381. The average Bonchev–Trinajstić information content (AvgIpc) is 2.46. The minimum Gasteiger partial charge on any atom is -0.328 e. The molecule has 0 saturated carbocycles. The van der Waals surface area contributed by atoms with Crippen LogP contribution >= 0.6 is 22.9 Å². The summed E-state index contributed by atoms with van der Waals surface area (Å²) in [5.74, 6) is -0.470. The molecule has 0 bridgehead atoms. The standard InChI is InChI=1S/C14H10F3IN2O/c15-14(16,17)10-4-2-5-11(8-10)19-13(21)9-3-1-6-12(7-9)20-18/h1-8,20H,(H,19,21). The van der Waals surface area contributed by atoms with Gasteiger partial charge in [0, 0.05) is 16.9 Å². The Bertz CT molecular complexity index is 659. The molecule has 0 fully saturated rings. The molecule has 0 aromatic heterocycles. The number of halogens is 4. The molecule has 2 aromatic rings. The zero-order chi connectivity index (χ0) is 15.5. The number of carbonyl (C=O) groups excluding carboxylic acids is 1. The molecule has 0 aliphatic heterocycles. The van der Waals surface area contributed by atoms with Gasteiger partial charge in [0.1, 0.15) is 0 Å². The molecule has 0 saturated heterocycles. The molecule has 110 valence electrons. The second kappa shape index (κ2) is 6.33. The number of carbonyl (C=O) groups is 1. The molecular weight excluding hydrogens is 396 g/mol. The summed E-state index contributed by atoms with van der Waals surface area (Å²) in [7, 11) is 0. The number of hydrogen-bond acceptors (Lipinski definition) is 2. The van der Waals surface area contributed by atoms with Crippen LogP contribution in [0, 0.1) is 0 Å². The SMILES string of the molecule is O=C(Nc1cccc(C(F)(F)F)c1)c1cccc(NI)c1. The molecule has 21 heavy (non-hydrogen) atoms. The van der Waals surface area contributed by atoms with Crippen molar-refractivity contribution in [2.75, 3.05) is 8.85 Å². The minimum absolute atomic E-state index is 0.0997. The quantitative estimate of drug-likeness (QED) is 0.572. The van der Waals surface area contributed by atoms with Crippen molar-refractivity contribution in [1.82, 2.24) is 0 Å². The van der Waals surface area contributed by atoms with E-state index in [-0.39, 0.29) is 5.69 Å². The number of nitrogens with one attached hydrogen (secondary N) is 2. The van der Waals surface area contributed by atoms with Crippen LogP contribution in [0.3, 0.4) is 0 Å². The second-order valence-electron chi connectivity index (χ2n) is 4.21. The summed E-state index contributed by atoms with van der Waals surface area (Å²) in [6.45, 7) is 0.